The van der Waals surface area contributed by atoms with Crippen LogP contribution in [0.15, 0.2) is 18.3 Å². The van der Waals surface area contributed by atoms with Crippen LogP contribution in [0.2, 0.25) is 0 Å². The molecule has 78 valence electrons. The van der Waals surface area contributed by atoms with Gasteiger partial charge in [-0.1, -0.05) is 6.42 Å². The first kappa shape index (κ1) is 10.9. The molecule has 0 aliphatic carbocycles. The van der Waals surface area contributed by atoms with Gasteiger partial charge < -0.3 is 11.1 Å². The molecular weight excluding hydrogens is 181 g/mol. The van der Waals surface area contributed by atoms with E-state index in [9.17, 15) is 4.39 Å². The van der Waals surface area contributed by atoms with E-state index >= 15 is 0 Å². The van der Waals surface area contributed by atoms with E-state index in [0.29, 0.717) is 0 Å². The third-order valence-electron chi connectivity index (χ3n) is 1.91. The zero-order valence-corrected chi connectivity index (χ0v) is 8.17. The van der Waals surface area contributed by atoms with Crippen LogP contribution in [-0.4, -0.2) is 18.1 Å². The predicted octanol–water partition coefficient (Wildman–Crippen LogP) is 1.76. The second-order valence-electron chi connectivity index (χ2n) is 3.14. The Labute approximate surface area is 83.5 Å². The normalized spacial score (nSPS) is 10.1. The van der Waals surface area contributed by atoms with Crippen molar-refractivity contribution in [2.75, 3.05) is 18.4 Å². The molecule has 0 fully saturated rings. The minimum atomic E-state index is -0.307. The van der Waals surface area contributed by atoms with Crippen LogP contribution < -0.4 is 11.1 Å². The summed E-state index contributed by atoms with van der Waals surface area (Å²) in [5, 5.41) is 3.11. The highest BCUT2D eigenvalue weighted by molar-refractivity contribution is 5.33. The second kappa shape index (κ2) is 6.32. The third kappa shape index (κ3) is 4.18. The van der Waals surface area contributed by atoms with Crippen molar-refractivity contribution in [3.63, 3.8) is 0 Å². The van der Waals surface area contributed by atoms with Gasteiger partial charge in [-0.25, -0.2) is 9.37 Å². The van der Waals surface area contributed by atoms with Crippen molar-refractivity contribution in [2.45, 2.75) is 19.3 Å². The number of nitrogens with two attached hydrogens (primary N) is 1. The van der Waals surface area contributed by atoms with Crippen molar-refractivity contribution >= 4 is 5.82 Å². The van der Waals surface area contributed by atoms with E-state index in [0.717, 1.165) is 38.2 Å². The number of pyridine rings is 1. The molecule has 0 aliphatic rings. The first-order valence-corrected chi connectivity index (χ1v) is 4.88. The number of nitrogens with zero attached hydrogens (tertiary/aromatic N) is 1. The summed E-state index contributed by atoms with van der Waals surface area (Å²) in [6.45, 7) is 1.60. The third-order valence-corrected chi connectivity index (χ3v) is 1.91. The summed E-state index contributed by atoms with van der Waals surface area (Å²) < 4.78 is 12.5. The molecule has 0 amide bonds. The minimum absolute atomic E-state index is 0.307. The van der Waals surface area contributed by atoms with Crippen LogP contribution >= 0.6 is 0 Å². The van der Waals surface area contributed by atoms with Gasteiger partial charge in [0, 0.05) is 6.54 Å². The Morgan fingerprint density at radius 1 is 1.29 bits per heavy atom. The lowest BCUT2D eigenvalue weighted by molar-refractivity contribution is 0.621. The van der Waals surface area contributed by atoms with Gasteiger partial charge in [0.15, 0.2) is 0 Å². The van der Waals surface area contributed by atoms with E-state index in [1.807, 2.05) is 0 Å². The molecule has 0 bridgehead atoms. The maximum atomic E-state index is 12.5. The lowest BCUT2D eigenvalue weighted by atomic mass is 10.2. The molecule has 1 rings (SSSR count). The molecular formula is C10H16FN3. The molecule has 0 unspecified atom stereocenters. The molecule has 3 N–H and O–H groups in total. The van der Waals surface area contributed by atoms with Crippen LogP contribution in [0.3, 0.4) is 0 Å². The van der Waals surface area contributed by atoms with Crippen LogP contribution in [0.1, 0.15) is 19.3 Å². The molecule has 0 saturated heterocycles. The number of unbranched alkanes of at least 4 members (excludes halogenated alkanes) is 2. The topological polar surface area (TPSA) is 50.9 Å². The Balaban J connectivity index is 2.15. The van der Waals surface area contributed by atoms with Crippen molar-refractivity contribution in [3.8, 4) is 0 Å². The summed E-state index contributed by atoms with van der Waals surface area (Å²) in [5.74, 6) is 0.415. The van der Waals surface area contributed by atoms with Crippen LogP contribution in [0.5, 0.6) is 0 Å². The smallest absolute Gasteiger partial charge is 0.141 e. The SMILES string of the molecule is NCCCCCNc1ccc(F)cn1. The first-order valence-electron chi connectivity index (χ1n) is 4.88. The van der Waals surface area contributed by atoms with Crippen LogP contribution in [0.25, 0.3) is 0 Å². The maximum absolute atomic E-state index is 12.5. The molecule has 0 spiro atoms. The van der Waals surface area contributed by atoms with Crippen LogP contribution in [0, 0.1) is 5.82 Å². The van der Waals surface area contributed by atoms with E-state index in [-0.39, 0.29) is 5.82 Å². The van der Waals surface area contributed by atoms with Gasteiger partial charge in [0.1, 0.15) is 11.6 Å². The van der Waals surface area contributed by atoms with Gasteiger partial charge in [0.25, 0.3) is 0 Å². The first-order chi connectivity index (χ1) is 6.83. The number of anilines is 1. The minimum Gasteiger partial charge on any atom is -0.370 e. The molecule has 1 heterocycles. The van der Waals surface area contributed by atoms with Gasteiger partial charge in [-0.05, 0) is 31.5 Å². The Morgan fingerprint density at radius 3 is 2.79 bits per heavy atom. The molecule has 0 atom stereocenters. The molecule has 0 aromatic carbocycles. The summed E-state index contributed by atoms with van der Waals surface area (Å²) >= 11 is 0. The van der Waals surface area contributed by atoms with E-state index in [1.165, 1.54) is 12.3 Å². The van der Waals surface area contributed by atoms with Gasteiger partial charge in [0.2, 0.25) is 0 Å². The quantitative estimate of drug-likeness (QED) is 0.683. The van der Waals surface area contributed by atoms with E-state index in [2.05, 4.69) is 10.3 Å². The van der Waals surface area contributed by atoms with E-state index < -0.39 is 0 Å². The van der Waals surface area contributed by atoms with Crippen molar-refractivity contribution in [3.05, 3.63) is 24.1 Å². The number of hydrogen-bond acceptors (Lipinski definition) is 3. The average molecular weight is 197 g/mol. The lowest BCUT2D eigenvalue weighted by Crippen LogP contribution is -2.04. The Bertz CT molecular complexity index is 248. The van der Waals surface area contributed by atoms with Crippen molar-refractivity contribution in [2.24, 2.45) is 5.73 Å². The molecule has 3 nitrogen and oxygen atoms in total. The lowest BCUT2D eigenvalue weighted by Gasteiger charge is -2.04. The molecule has 0 radical (unpaired) electrons. The Kier molecular flexibility index (Phi) is 4.93. The van der Waals surface area contributed by atoms with Crippen LogP contribution in [0.4, 0.5) is 10.2 Å². The van der Waals surface area contributed by atoms with Gasteiger partial charge in [-0.2, -0.15) is 0 Å². The van der Waals surface area contributed by atoms with Gasteiger partial charge in [-0.15, -0.1) is 0 Å². The summed E-state index contributed by atoms with van der Waals surface area (Å²) in [5.41, 5.74) is 5.36. The summed E-state index contributed by atoms with van der Waals surface area (Å²) in [4.78, 5) is 3.89. The number of aromatic nitrogens is 1. The van der Waals surface area contributed by atoms with Crippen molar-refractivity contribution < 1.29 is 4.39 Å². The maximum Gasteiger partial charge on any atom is 0.141 e. The molecule has 0 aliphatic heterocycles. The monoisotopic (exact) mass is 197 g/mol. The Morgan fingerprint density at radius 2 is 2.14 bits per heavy atom. The van der Waals surface area contributed by atoms with Gasteiger partial charge in [0.05, 0.1) is 6.20 Å². The molecule has 4 heteroatoms. The molecule has 0 saturated carbocycles. The zero-order chi connectivity index (χ0) is 10.2. The fraction of sp³-hybridized carbons (Fsp3) is 0.500. The average Bonchev–Trinajstić information content (AvgIpc) is 2.21. The molecule has 14 heavy (non-hydrogen) atoms. The second-order valence-corrected chi connectivity index (χ2v) is 3.14. The summed E-state index contributed by atoms with van der Waals surface area (Å²) in [6, 6.07) is 3.04. The molecule has 1 aromatic rings. The van der Waals surface area contributed by atoms with E-state index in [4.69, 9.17) is 5.73 Å². The highest BCUT2D eigenvalue weighted by Gasteiger charge is 1.93. The van der Waals surface area contributed by atoms with E-state index in [1.54, 1.807) is 6.07 Å². The van der Waals surface area contributed by atoms with Gasteiger partial charge >= 0.3 is 0 Å². The standard InChI is InChI=1S/C10H16FN3/c11-9-4-5-10(14-8-9)13-7-3-1-2-6-12/h4-5,8H,1-3,6-7,12H2,(H,13,14). The van der Waals surface area contributed by atoms with Gasteiger partial charge in [-0.3, -0.25) is 0 Å². The summed E-state index contributed by atoms with van der Waals surface area (Å²) in [6.07, 6.45) is 4.45. The number of rotatable bonds is 6. The Hall–Kier alpha value is -1.16. The predicted molar refractivity (Wildman–Crippen MR) is 55.6 cm³/mol. The molecule has 1 aromatic heterocycles. The fourth-order valence-corrected chi connectivity index (χ4v) is 1.14. The van der Waals surface area contributed by atoms with Crippen molar-refractivity contribution in [1.82, 2.24) is 4.98 Å². The highest BCUT2D eigenvalue weighted by Crippen LogP contribution is 2.03. The number of hydrogen-bond donors (Lipinski definition) is 2. The number of halogens is 1. The summed E-state index contributed by atoms with van der Waals surface area (Å²) in [7, 11) is 0. The highest BCUT2D eigenvalue weighted by atomic mass is 19.1. The fourth-order valence-electron chi connectivity index (χ4n) is 1.14. The number of nitrogens with one attached hydrogen (secondary N) is 1. The zero-order valence-electron chi connectivity index (χ0n) is 8.17. The van der Waals surface area contributed by atoms with Crippen molar-refractivity contribution in [1.29, 1.82) is 0 Å². The largest absolute Gasteiger partial charge is 0.370 e. The van der Waals surface area contributed by atoms with Crippen LogP contribution in [-0.2, 0) is 0 Å².